The Morgan fingerprint density at radius 1 is 0.696 bits per heavy atom. The highest BCUT2D eigenvalue weighted by Crippen LogP contribution is 2.47. The van der Waals surface area contributed by atoms with Crippen molar-refractivity contribution in [2.75, 3.05) is 36.0 Å². The van der Waals surface area contributed by atoms with E-state index in [-0.39, 0.29) is 0 Å². The number of ether oxygens (including phenoxy) is 1. The molecular weight excluding hydrogens is 560 g/mol. The molecule has 0 aromatic heterocycles. The molecule has 5 aromatic carbocycles. The molecule has 0 amide bonds. The first-order chi connectivity index (χ1) is 22.7. The maximum absolute atomic E-state index is 7.27. The second kappa shape index (κ2) is 13.5. The topological polar surface area (TPSA) is 15.7 Å². The van der Waals surface area contributed by atoms with Gasteiger partial charge in [0.05, 0.1) is 0 Å². The summed E-state index contributed by atoms with van der Waals surface area (Å²) in [7, 11) is 0. The van der Waals surface area contributed by atoms with Crippen LogP contribution in [0.5, 0.6) is 5.75 Å². The predicted octanol–water partition coefficient (Wildman–Crippen LogP) is 10.9. The molecule has 2 aliphatic heterocycles. The number of rotatable bonds is 11. The Bertz CT molecular complexity index is 1780. The minimum absolute atomic E-state index is 0.722. The van der Waals surface area contributed by atoms with Gasteiger partial charge in [0.2, 0.25) is 0 Å². The molecule has 3 nitrogen and oxygen atoms in total. The summed E-state index contributed by atoms with van der Waals surface area (Å²) in [6.07, 6.45) is 11.9. The van der Waals surface area contributed by atoms with Gasteiger partial charge in [-0.2, -0.15) is 0 Å². The van der Waals surface area contributed by atoms with E-state index in [1.807, 2.05) is 0 Å². The van der Waals surface area contributed by atoms with Crippen LogP contribution < -0.4 is 14.5 Å². The second-order valence-electron chi connectivity index (χ2n) is 12.9. The van der Waals surface area contributed by atoms with Crippen molar-refractivity contribution in [2.24, 2.45) is 0 Å². The monoisotopic (exact) mass is 606 g/mol. The van der Waals surface area contributed by atoms with Crippen LogP contribution in [-0.2, 0) is 5.60 Å². The SMILES string of the molecule is CCCCN(CCCC)c1ccc(-c2cc3c(c4ccccc24)C=CC(c2ccccc2)(c2ccc(N4CCCC4)cc2)O3)cc1. The average Bonchev–Trinajstić information content (AvgIpc) is 3.67. The molecule has 0 saturated carbocycles. The fourth-order valence-corrected chi connectivity index (χ4v) is 7.25. The number of nitrogens with zero attached hydrogens (tertiary/aromatic N) is 2. The standard InChI is InChI=1S/C43H46N2O/c1-3-5-28-44(29-6-4-2)36-22-18-33(19-23-36)41-32-42-40(38-16-10-11-17-39(38)41)26-27-43(46-42,34-14-8-7-9-15-34)35-20-24-37(25-21-35)45-30-12-13-31-45/h7-11,14-27,32H,3-6,12-13,28-31H2,1-2H3. The molecule has 2 aliphatic rings. The average molecular weight is 607 g/mol. The molecule has 0 spiro atoms. The first-order valence-electron chi connectivity index (χ1n) is 17.4. The van der Waals surface area contributed by atoms with Crippen molar-refractivity contribution >= 4 is 28.2 Å². The summed E-state index contributed by atoms with van der Waals surface area (Å²) in [5.41, 5.74) is 7.72. The number of hydrogen-bond acceptors (Lipinski definition) is 3. The lowest BCUT2D eigenvalue weighted by molar-refractivity contribution is 0.161. The van der Waals surface area contributed by atoms with Gasteiger partial charge in [-0.1, -0.05) is 106 Å². The number of benzene rings is 5. The zero-order chi connectivity index (χ0) is 31.3. The first kappa shape index (κ1) is 30.2. The van der Waals surface area contributed by atoms with E-state index in [2.05, 4.69) is 145 Å². The van der Waals surface area contributed by atoms with Crippen LogP contribution >= 0.6 is 0 Å². The van der Waals surface area contributed by atoms with E-state index < -0.39 is 5.60 Å². The molecule has 5 aromatic rings. The van der Waals surface area contributed by atoms with E-state index >= 15 is 0 Å². The molecule has 0 N–H and O–H groups in total. The molecule has 46 heavy (non-hydrogen) atoms. The van der Waals surface area contributed by atoms with Crippen molar-refractivity contribution in [1.29, 1.82) is 0 Å². The van der Waals surface area contributed by atoms with Crippen molar-refractivity contribution in [3.05, 3.63) is 132 Å². The van der Waals surface area contributed by atoms with Crippen LogP contribution in [0, 0.1) is 0 Å². The van der Waals surface area contributed by atoms with Gasteiger partial charge >= 0.3 is 0 Å². The summed E-state index contributed by atoms with van der Waals surface area (Å²) < 4.78 is 7.27. The maximum atomic E-state index is 7.27. The van der Waals surface area contributed by atoms with Crippen molar-refractivity contribution in [3.63, 3.8) is 0 Å². The summed E-state index contributed by atoms with van der Waals surface area (Å²) >= 11 is 0. The van der Waals surface area contributed by atoms with E-state index in [1.165, 1.54) is 71.8 Å². The van der Waals surface area contributed by atoms with Gasteiger partial charge in [-0.3, -0.25) is 0 Å². The Hall–Kier alpha value is -4.50. The Morgan fingerprint density at radius 3 is 2.00 bits per heavy atom. The predicted molar refractivity (Wildman–Crippen MR) is 196 cm³/mol. The zero-order valence-corrected chi connectivity index (χ0v) is 27.4. The molecule has 1 saturated heterocycles. The highest BCUT2D eigenvalue weighted by molar-refractivity contribution is 6.03. The first-order valence-corrected chi connectivity index (χ1v) is 17.4. The molecule has 7 rings (SSSR count). The lowest BCUT2D eigenvalue weighted by Crippen LogP contribution is -2.34. The van der Waals surface area contributed by atoms with Crippen LogP contribution in [0.25, 0.3) is 28.0 Å². The van der Waals surface area contributed by atoms with E-state index in [4.69, 9.17) is 4.74 Å². The summed E-state index contributed by atoms with van der Waals surface area (Å²) in [6.45, 7) is 9.04. The second-order valence-corrected chi connectivity index (χ2v) is 12.9. The van der Waals surface area contributed by atoms with E-state index in [0.29, 0.717) is 0 Å². The third kappa shape index (κ3) is 5.80. The third-order valence-electron chi connectivity index (χ3n) is 9.88. The van der Waals surface area contributed by atoms with E-state index in [1.54, 1.807) is 0 Å². The molecule has 234 valence electrons. The zero-order valence-electron chi connectivity index (χ0n) is 27.4. The van der Waals surface area contributed by atoms with Gasteiger partial charge in [0.15, 0.2) is 5.60 Å². The molecule has 2 heterocycles. The molecule has 0 aliphatic carbocycles. The Balaban J connectivity index is 1.30. The van der Waals surface area contributed by atoms with Gasteiger partial charge in [0.25, 0.3) is 0 Å². The van der Waals surface area contributed by atoms with Crippen molar-refractivity contribution < 1.29 is 4.74 Å². The third-order valence-corrected chi connectivity index (χ3v) is 9.88. The summed E-state index contributed by atoms with van der Waals surface area (Å²) in [4.78, 5) is 5.04. The molecular formula is C43H46N2O. The van der Waals surface area contributed by atoms with Crippen LogP contribution in [0.1, 0.15) is 69.1 Å². The molecule has 1 atom stereocenters. The highest BCUT2D eigenvalue weighted by Gasteiger charge is 2.38. The molecule has 1 unspecified atom stereocenters. The van der Waals surface area contributed by atoms with Crippen molar-refractivity contribution in [2.45, 2.75) is 58.0 Å². The van der Waals surface area contributed by atoms with E-state index in [0.717, 1.165) is 48.6 Å². The number of unbranched alkanes of at least 4 members (excludes halogenated alkanes) is 2. The largest absolute Gasteiger partial charge is 0.473 e. The minimum Gasteiger partial charge on any atom is -0.473 e. The Morgan fingerprint density at radius 2 is 1.33 bits per heavy atom. The van der Waals surface area contributed by atoms with Crippen molar-refractivity contribution in [3.8, 4) is 16.9 Å². The lowest BCUT2D eigenvalue weighted by atomic mass is 9.82. The summed E-state index contributed by atoms with van der Waals surface area (Å²) in [5, 5.41) is 2.46. The quantitative estimate of drug-likeness (QED) is 0.149. The molecule has 1 fully saturated rings. The molecule has 0 bridgehead atoms. The van der Waals surface area contributed by atoms with Gasteiger partial charge in [-0.15, -0.1) is 0 Å². The minimum atomic E-state index is -0.722. The maximum Gasteiger partial charge on any atom is 0.178 e. The van der Waals surface area contributed by atoms with Gasteiger partial charge in [0, 0.05) is 54.2 Å². The van der Waals surface area contributed by atoms with Gasteiger partial charge in [-0.05, 0) is 90.1 Å². The van der Waals surface area contributed by atoms with Crippen LogP contribution in [-0.4, -0.2) is 26.2 Å². The fraction of sp³-hybridized carbons (Fsp3) is 0.302. The van der Waals surface area contributed by atoms with Gasteiger partial charge in [0.1, 0.15) is 5.75 Å². The number of anilines is 2. The van der Waals surface area contributed by atoms with E-state index in [9.17, 15) is 0 Å². The summed E-state index contributed by atoms with van der Waals surface area (Å²) in [5.74, 6) is 0.917. The lowest BCUT2D eigenvalue weighted by Gasteiger charge is -2.37. The summed E-state index contributed by atoms with van der Waals surface area (Å²) in [6, 6.07) is 40.0. The van der Waals surface area contributed by atoms with Crippen LogP contribution in [0.2, 0.25) is 0 Å². The fourth-order valence-electron chi connectivity index (χ4n) is 7.25. The number of hydrogen-bond donors (Lipinski definition) is 0. The normalized spacial score (nSPS) is 17.2. The smallest absolute Gasteiger partial charge is 0.178 e. The molecule has 0 radical (unpaired) electrons. The number of fused-ring (bicyclic) bond motifs is 3. The Kier molecular flexibility index (Phi) is 8.83. The molecule has 3 heteroatoms. The Labute approximate surface area is 275 Å². The van der Waals surface area contributed by atoms with Gasteiger partial charge < -0.3 is 14.5 Å². The van der Waals surface area contributed by atoms with Crippen LogP contribution in [0.3, 0.4) is 0 Å². The van der Waals surface area contributed by atoms with Crippen LogP contribution in [0.15, 0.2) is 115 Å². The van der Waals surface area contributed by atoms with Gasteiger partial charge in [-0.25, -0.2) is 0 Å². The highest BCUT2D eigenvalue weighted by atomic mass is 16.5. The van der Waals surface area contributed by atoms with Crippen LogP contribution in [0.4, 0.5) is 11.4 Å². The van der Waals surface area contributed by atoms with Crippen molar-refractivity contribution in [1.82, 2.24) is 0 Å².